The summed E-state index contributed by atoms with van der Waals surface area (Å²) >= 11 is 0. The molecule has 1 heteroatoms. The summed E-state index contributed by atoms with van der Waals surface area (Å²) in [5.41, 5.74) is 4.77. The maximum absolute atomic E-state index is 10.3. The van der Waals surface area contributed by atoms with Gasteiger partial charge in [-0.2, -0.15) is 0 Å². The molecule has 31 heavy (non-hydrogen) atoms. The van der Waals surface area contributed by atoms with E-state index in [-0.39, 0.29) is 6.10 Å². The normalized spacial score (nSPS) is 46.2. The van der Waals surface area contributed by atoms with Crippen molar-refractivity contribution in [2.75, 3.05) is 0 Å². The van der Waals surface area contributed by atoms with Gasteiger partial charge in [0.05, 0.1) is 6.10 Å². The quantitative estimate of drug-likeness (QED) is 0.438. The minimum absolute atomic E-state index is 0.0536. The summed E-state index contributed by atoms with van der Waals surface area (Å²) in [4.78, 5) is 0. The molecule has 4 rings (SSSR count). The minimum Gasteiger partial charge on any atom is -0.393 e. The van der Waals surface area contributed by atoms with Crippen LogP contribution in [0, 0.1) is 45.8 Å². The van der Waals surface area contributed by atoms with Crippen molar-refractivity contribution in [3.05, 3.63) is 23.3 Å². The van der Waals surface area contributed by atoms with Gasteiger partial charge < -0.3 is 5.11 Å². The highest BCUT2D eigenvalue weighted by Crippen LogP contribution is 2.72. The zero-order chi connectivity index (χ0) is 22.6. The fourth-order valence-electron chi connectivity index (χ4n) is 9.19. The SMILES string of the molecule is C/C=C(/CC[C@@H](C)[C@H]1CC[C@@]2(C)C3=CC[C@H]4C[C@@H](O)CC[C@]4(C)[C@H]3CC[C@]12C)C(C)C. The van der Waals surface area contributed by atoms with E-state index in [1.165, 1.54) is 51.4 Å². The second-order valence-electron chi connectivity index (χ2n) is 13.0. The zero-order valence-electron chi connectivity index (χ0n) is 21.6. The Morgan fingerprint density at radius 2 is 1.84 bits per heavy atom. The molecule has 3 fully saturated rings. The Morgan fingerprint density at radius 1 is 1.10 bits per heavy atom. The molecule has 1 nitrogen and oxygen atoms in total. The highest BCUT2D eigenvalue weighted by Gasteiger charge is 2.63. The molecule has 0 bridgehead atoms. The van der Waals surface area contributed by atoms with Gasteiger partial charge in [0.25, 0.3) is 0 Å². The van der Waals surface area contributed by atoms with Crippen molar-refractivity contribution in [1.82, 2.24) is 0 Å². The maximum Gasteiger partial charge on any atom is 0.0543 e. The highest BCUT2D eigenvalue weighted by molar-refractivity contribution is 5.32. The smallest absolute Gasteiger partial charge is 0.0543 e. The van der Waals surface area contributed by atoms with Crippen LogP contribution < -0.4 is 0 Å². The van der Waals surface area contributed by atoms with E-state index in [1.807, 2.05) is 5.57 Å². The molecule has 3 saturated carbocycles. The Labute approximate surface area is 193 Å². The van der Waals surface area contributed by atoms with Crippen LogP contribution in [0.4, 0.5) is 0 Å². The van der Waals surface area contributed by atoms with Crippen LogP contribution in [0.5, 0.6) is 0 Å². The van der Waals surface area contributed by atoms with Crippen molar-refractivity contribution < 1.29 is 5.11 Å². The van der Waals surface area contributed by atoms with E-state index in [4.69, 9.17) is 0 Å². The number of fused-ring (bicyclic) bond motifs is 5. The molecule has 0 radical (unpaired) electrons. The van der Waals surface area contributed by atoms with E-state index in [0.29, 0.717) is 28.1 Å². The maximum atomic E-state index is 10.3. The number of hydrogen-bond acceptors (Lipinski definition) is 1. The van der Waals surface area contributed by atoms with Crippen molar-refractivity contribution in [3.8, 4) is 0 Å². The van der Waals surface area contributed by atoms with Crippen molar-refractivity contribution in [2.45, 2.75) is 119 Å². The van der Waals surface area contributed by atoms with Gasteiger partial charge in [0.2, 0.25) is 0 Å². The van der Waals surface area contributed by atoms with Gasteiger partial charge in [-0.3, -0.25) is 0 Å². The third-order valence-electron chi connectivity index (χ3n) is 11.6. The van der Waals surface area contributed by atoms with Gasteiger partial charge in [-0.05, 0) is 117 Å². The Bertz CT molecular complexity index is 731. The zero-order valence-corrected chi connectivity index (χ0v) is 21.6. The fourth-order valence-corrected chi connectivity index (χ4v) is 9.19. The van der Waals surface area contributed by atoms with E-state index < -0.39 is 0 Å². The van der Waals surface area contributed by atoms with Crippen LogP contribution in [0.2, 0.25) is 0 Å². The van der Waals surface area contributed by atoms with Gasteiger partial charge in [0, 0.05) is 0 Å². The van der Waals surface area contributed by atoms with Gasteiger partial charge in [-0.15, -0.1) is 0 Å². The molecule has 0 heterocycles. The van der Waals surface area contributed by atoms with Crippen LogP contribution >= 0.6 is 0 Å². The Hall–Kier alpha value is -0.560. The molecule has 0 aromatic heterocycles. The summed E-state index contributed by atoms with van der Waals surface area (Å²) in [5.74, 6) is 3.83. The lowest BCUT2D eigenvalue weighted by molar-refractivity contribution is -0.0627. The van der Waals surface area contributed by atoms with Gasteiger partial charge in [-0.1, -0.05) is 64.8 Å². The molecule has 0 saturated heterocycles. The summed E-state index contributed by atoms with van der Waals surface area (Å²) < 4.78 is 0. The standard InChI is InChI=1S/C30H50O/c1-8-22(20(2)3)10-9-21(4)25-14-17-30(7)27-12-11-23-19-24(31)13-16-28(23,5)26(27)15-18-29(25,30)6/h8,12,20-21,23-26,31H,9-11,13-19H2,1-7H3/b22-8-/t21-,23+,24+,25-,26+,28+,29-,30+/m1/s1. The molecule has 0 aromatic rings. The molecular weight excluding hydrogens is 376 g/mol. The predicted molar refractivity (Wildman–Crippen MR) is 133 cm³/mol. The van der Waals surface area contributed by atoms with Crippen LogP contribution in [-0.2, 0) is 0 Å². The number of aliphatic hydroxyl groups excluding tert-OH is 1. The number of aliphatic hydroxyl groups is 1. The van der Waals surface area contributed by atoms with Gasteiger partial charge in [-0.25, -0.2) is 0 Å². The van der Waals surface area contributed by atoms with E-state index in [2.05, 4.69) is 60.6 Å². The van der Waals surface area contributed by atoms with E-state index >= 15 is 0 Å². The van der Waals surface area contributed by atoms with Gasteiger partial charge >= 0.3 is 0 Å². The second kappa shape index (κ2) is 8.34. The number of hydrogen-bond donors (Lipinski definition) is 1. The average Bonchev–Trinajstić information content (AvgIpc) is 3.00. The summed E-state index contributed by atoms with van der Waals surface area (Å²) in [7, 11) is 0. The third-order valence-corrected chi connectivity index (χ3v) is 11.6. The Kier molecular flexibility index (Phi) is 6.35. The topological polar surface area (TPSA) is 20.2 Å². The van der Waals surface area contributed by atoms with Crippen molar-refractivity contribution >= 4 is 0 Å². The summed E-state index contributed by atoms with van der Waals surface area (Å²) in [5, 5.41) is 10.3. The minimum atomic E-state index is -0.0536. The Morgan fingerprint density at radius 3 is 2.52 bits per heavy atom. The van der Waals surface area contributed by atoms with Crippen LogP contribution in [0.1, 0.15) is 113 Å². The van der Waals surface area contributed by atoms with Crippen LogP contribution in [0.15, 0.2) is 23.3 Å². The van der Waals surface area contributed by atoms with Crippen LogP contribution in [0.25, 0.3) is 0 Å². The lowest BCUT2D eigenvalue weighted by Crippen LogP contribution is -2.53. The first kappa shape index (κ1) is 23.6. The molecule has 0 amide bonds. The van der Waals surface area contributed by atoms with Crippen molar-refractivity contribution in [2.24, 2.45) is 45.8 Å². The Balaban J connectivity index is 1.55. The number of rotatable bonds is 5. The number of allylic oxidation sites excluding steroid dienone is 4. The summed E-state index contributed by atoms with van der Waals surface area (Å²) in [6.07, 6.45) is 17.8. The second-order valence-corrected chi connectivity index (χ2v) is 13.0. The molecule has 0 aromatic carbocycles. The van der Waals surface area contributed by atoms with Crippen molar-refractivity contribution in [3.63, 3.8) is 0 Å². The summed E-state index contributed by atoms with van der Waals surface area (Å²) in [6.45, 7) is 17.4. The lowest BCUT2D eigenvalue weighted by Gasteiger charge is -2.61. The first-order valence-corrected chi connectivity index (χ1v) is 13.6. The van der Waals surface area contributed by atoms with E-state index in [1.54, 1.807) is 5.57 Å². The largest absolute Gasteiger partial charge is 0.393 e. The average molecular weight is 427 g/mol. The summed E-state index contributed by atoms with van der Waals surface area (Å²) in [6, 6.07) is 0. The molecule has 176 valence electrons. The molecule has 4 aliphatic carbocycles. The molecule has 0 unspecified atom stereocenters. The first-order chi connectivity index (χ1) is 14.6. The predicted octanol–water partition coefficient (Wildman–Crippen LogP) is 8.34. The van der Waals surface area contributed by atoms with Gasteiger partial charge in [0.1, 0.15) is 0 Å². The van der Waals surface area contributed by atoms with Crippen molar-refractivity contribution in [1.29, 1.82) is 0 Å². The molecule has 1 N–H and O–H groups in total. The lowest BCUT2D eigenvalue weighted by atomic mass is 9.43. The van der Waals surface area contributed by atoms with Crippen LogP contribution in [0.3, 0.4) is 0 Å². The first-order valence-electron chi connectivity index (χ1n) is 13.6. The molecule has 4 aliphatic rings. The molecule has 8 atom stereocenters. The molecular formula is C30H50O. The van der Waals surface area contributed by atoms with E-state index in [0.717, 1.165) is 30.6 Å². The van der Waals surface area contributed by atoms with Gasteiger partial charge in [0.15, 0.2) is 0 Å². The molecule has 0 aliphatic heterocycles. The van der Waals surface area contributed by atoms with E-state index in [9.17, 15) is 5.11 Å². The third kappa shape index (κ3) is 3.60. The highest BCUT2D eigenvalue weighted by atomic mass is 16.3. The van der Waals surface area contributed by atoms with Crippen LogP contribution in [-0.4, -0.2) is 11.2 Å². The fraction of sp³-hybridized carbons (Fsp3) is 0.867. The monoisotopic (exact) mass is 426 g/mol. The molecule has 0 spiro atoms.